The highest BCUT2D eigenvalue weighted by molar-refractivity contribution is 7.91. The van der Waals surface area contributed by atoms with E-state index in [9.17, 15) is 13.2 Å². The fourth-order valence-corrected chi connectivity index (χ4v) is 3.86. The van der Waals surface area contributed by atoms with Crippen molar-refractivity contribution in [2.75, 3.05) is 36.6 Å². The number of rotatable bonds is 2. The zero-order valence-corrected chi connectivity index (χ0v) is 11.8. The van der Waals surface area contributed by atoms with Gasteiger partial charge in [-0.2, -0.15) is 0 Å². The minimum atomic E-state index is -2.90. The van der Waals surface area contributed by atoms with Crippen LogP contribution in [0.2, 0.25) is 0 Å². The van der Waals surface area contributed by atoms with Crippen molar-refractivity contribution in [3.63, 3.8) is 0 Å². The number of aromatic nitrogens is 1. The molecule has 1 aromatic rings. The van der Waals surface area contributed by atoms with Crippen molar-refractivity contribution in [2.24, 2.45) is 0 Å². The fraction of sp³-hybridized carbons (Fsp3) is 0.600. The molecule has 100 valence electrons. The van der Waals surface area contributed by atoms with E-state index in [-0.39, 0.29) is 11.5 Å². The van der Waals surface area contributed by atoms with E-state index in [0.717, 1.165) is 4.88 Å². The first-order chi connectivity index (χ1) is 8.43. The van der Waals surface area contributed by atoms with Gasteiger partial charge in [0.15, 0.2) is 20.7 Å². The van der Waals surface area contributed by atoms with Gasteiger partial charge in [0.25, 0.3) is 0 Å². The van der Waals surface area contributed by atoms with Crippen LogP contribution in [0.1, 0.15) is 15.4 Å². The number of sulfone groups is 1. The van der Waals surface area contributed by atoms with Gasteiger partial charge in [0.05, 0.1) is 18.6 Å². The third kappa shape index (κ3) is 2.64. The minimum absolute atomic E-state index is 0.138. The first-order valence-corrected chi connectivity index (χ1v) is 8.08. The summed E-state index contributed by atoms with van der Waals surface area (Å²) >= 11 is 1.38. The Hall–Kier alpha value is -1.15. The third-order valence-electron chi connectivity index (χ3n) is 2.78. The molecule has 0 aromatic carbocycles. The Morgan fingerprint density at radius 3 is 2.56 bits per heavy atom. The van der Waals surface area contributed by atoms with Crippen molar-refractivity contribution < 1.29 is 17.9 Å². The second-order valence-corrected chi connectivity index (χ2v) is 7.52. The number of aryl methyl sites for hydroxylation is 1. The molecule has 1 aromatic heterocycles. The van der Waals surface area contributed by atoms with Gasteiger partial charge in [-0.3, -0.25) is 0 Å². The zero-order valence-electron chi connectivity index (χ0n) is 10.2. The van der Waals surface area contributed by atoms with Gasteiger partial charge in [-0.15, -0.1) is 11.3 Å². The van der Waals surface area contributed by atoms with Crippen molar-refractivity contribution in [3.05, 3.63) is 10.6 Å². The summed E-state index contributed by atoms with van der Waals surface area (Å²) in [5.41, 5.74) is 0.311. The van der Waals surface area contributed by atoms with Gasteiger partial charge in [0.2, 0.25) is 0 Å². The molecule has 2 rings (SSSR count). The summed E-state index contributed by atoms with van der Waals surface area (Å²) in [6.45, 7) is 2.65. The number of methoxy groups -OCH3 is 1. The molecule has 0 aliphatic carbocycles. The molecule has 0 bridgehead atoms. The lowest BCUT2D eigenvalue weighted by molar-refractivity contribution is 0.0594. The molecule has 0 atom stereocenters. The number of hydrogen-bond donors (Lipinski definition) is 0. The summed E-state index contributed by atoms with van der Waals surface area (Å²) in [4.78, 5) is 18.3. The lowest BCUT2D eigenvalue weighted by atomic mass is 10.4. The number of esters is 1. The predicted octanol–water partition coefficient (Wildman–Crippen LogP) is 0.473. The van der Waals surface area contributed by atoms with Crippen LogP contribution in [0.4, 0.5) is 5.13 Å². The van der Waals surface area contributed by atoms with Crippen molar-refractivity contribution in [2.45, 2.75) is 6.92 Å². The van der Waals surface area contributed by atoms with Crippen molar-refractivity contribution in [1.29, 1.82) is 0 Å². The highest BCUT2D eigenvalue weighted by atomic mass is 32.2. The zero-order chi connectivity index (χ0) is 13.3. The molecule has 18 heavy (non-hydrogen) atoms. The molecule has 1 fully saturated rings. The molecule has 1 aliphatic rings. The van der Waals surface area contributed by atoms with E-state index in [2.05, 4.69) is 9.72 Å². The van der Waals surface area contributed by atoms with E-state index in [1.165, 1.54) is 18.4 Å². The van der Waals surface area contributed by atoms with Crippen LogP contribution >= 0.6 is 11.3 Å². The lowest BCUT2D eigenvalue weighted by Crippen LogP contribution is -2.40. The van der Waals surface area contributed by atoms with Crippen LogP contribution in [-0.4, -0.2) is 51.1 Å². The Morgan fingerprint density at radius 1 is 1.39 bits per heavy atom. The topological polar surface area (TPSA) is 76.6 Å². The van der Waals surface area contributed by atoms with Gasteiger partial charge in [-0.05, 0) is 6.92 Å². The molecule has 0 amide bonds. The second kappa shape index (κ2) is 4.85. The van der Waals surface area contributed by atoms with Crippen LogP contribution in [0.5, 0.6) is 0 Å². The summed E-state index contributed by atoms with van der Waals surface area (Å²) in [5.74, 6) is -0.183. The molecule has 0 N–H and O–H groups in total. The van der Waals surface area contributed by atoms with Gasteiger partial charge in [0.1, 0.15) is 0 Å². The quantitative estimate of drug-likeness (QED) is 0.737. The Kier molecular flexibility index (Phi) is 3.58. The van der Waals surface area contributed by atoms with Crippen molar-refractivity contribution >= 4 is 32.3 Å². The van der Waals surface area contributed by atoms with Gasteiger partial charge >= 0.3 is 5.97 Å². The van der Waals surface area contributed by atoms with E-state index in [1.807, 2.05) is 4.90 Å². The van der Waals surface area contributed by atoms with Crippen LogP contribution in [0, 0.1) is 6.92 Å². The van der Waals surface area contributed by atoms with Gasteiger partial charge in [-0.1, -0.05) is 0 Å². The highest BCUT2D eigenvalue weighted by Crippen LogP contribution is 2.27. The normalized spacial score (nSPS) is 18.7. The smallest absolute Gasteiger partial charge is 0.357 e. The fourth-order valence-electron chi connectivity index (χ4n) is 1.71. The Labute approximate surface area is 110 Å². The standard InChI is InChI=1S/C10H14N2O4S2/c1-7-8(9(13)16-2)11-10(17-7)12-3-5-18(14,15)6-4-12/h3-6H2,1-2H3. The molecule has 0 saturated carbocycles. The van der Waals surface area contributed by atoms with E-state index in [1.54, 1.807) is 6.92 Å². The summed E-state index contributed by atoms with van der Waals surface area (Å²) in [6, 6.07) is 0. The Morgan fingerprint density at radius 2 is 2.00 bits per heavy atom. The van der Waals surface area contributed by atoms with Crippen LogP contribution in [0.25, 0.3) is 0 Å². The second-order valence-electron chi connectivity index (χ2n) is 4.03. The average molecular weight is 290 g/mol. The lowest BCUT2D eigenvalue weighted by Gasteiger charge is -2.25. The molecule has 6 nitrogen and oxygen atoms in total. The summed E-state index contributed by atoms with van der Waals surface area (Å²) in [5, 5.41) is 0.683. The average Bonchev–Trinajstić information content (AvgIpc) is 2.70. The number of anilines is 1. The first-order valence-electron chi connectivity index (χ1n) is 5.44. The maximum atomic E-state index is 11.4. The molecule has 1 aliphatic heterocycles. The number of carbonyl (C=O) groups is 1. The molecule has 2 heterocycles. The summed E-state index contributed by atoms with van der Waals surface area (Å²) < 4.78 is 27.3. The third-order valence-corrected chi connectivity index (χ3v) is 5.42. The molecular formula is C10H14N2O4S2. The van der Waals surface area contributed by atoms with Crippen LogP contribution in [0.3, 0.4) is 0 Å². The van der Waals surface area contributed by atoms with E-state index in [0.29, 0.717) is 23.9 Å². The van der Waals surface area contributed by atoms with Crippen molar-refractivity contribution in [3.8, 4) is 0 Å². The maximum absolute atomic E-state index is 11.4. The van der Waals surface area contributed by atoms with Gasteiger partial charge in [-0.25, -0.2) is 18.2 Å². The number of nitrogens with zero attached hydrogens (tertiary/aromatic N) is 2. The predicted molar refractivity (Wildman–Crippen MR) is 69.1 cm³/mol. The molecular weight excluding hydrogens is 276 g/mol. The van der Waals surface area contributed by atoms with Gasteiger partial charge < -0.3 is 9.64 Å². The Balaban J connectivity index is 2.18. The summed E-state index contributed by atoms with van der Waals surface area (Å²) in [6.07, 6.45) is 0. The maximum Gasteiger partial charge on any atom is 0.357 e. The molecule has 8 heteroatoms. The molecule has 0 radical (unpaired) electrons. The number of carbonyl (C=O) groups excluding carboxylic acids is 1. The Bertz CT molecular complexity index is 550. The van der Waals surface area contributed by atoms with Crippen molar-refractivity contribution in [1.82, 2.24) is 4.98 Å². The molecule has 0 unspecified atom stereocenters. The molecule has 1 saturated heterocycles. The largest absolute Gasteiger partial charge is 0.464 e. The van der Waals surface area contributed by atoms with E-state index >= 15 is 0 Å². The van der Waals surface area contributed by atoms with Crippen LogP contribution in [-0.2, 0) is 14.6 Å². The number of ether oxygens (including phenoxy) is 1. The van der Waals surface area contributed by atoms with Crippen LogP contribution in [0.15, 0.2) is 0 Å². The van der Waals surface area contributed by atoms with E-state index < -0.39 is 15.8 Å². The minimum Gasteiger partial charge on any atom is -0.464 e. The SMILES string of the molecule is COC(=O)c1nc(N2CCS(=O)(=O)CC2)sc1C. The number of hydrogen-bond acceptors (Lipinski definition) is 7. The van der Waals surface area contributed by atoms with Gasteiger partial charge in [0, 0.05) is 18.0 Å². The number of thiazole rings is 1. The summed E-state index contributed by atoms with van der Waals surface area (Å²) in [7, 11) is -1.59. The highest BCUT2D eigenvalue weighted by Gasteiger charge is 2.25. The van der Waals surface area contributed by atoms with E-state index in [4.69, 9.17) is 0 Å². The molecule has 0 spiro atoms. The van der Waals surface area contributed by atoms with Crippen LogP contribution < -0.4 is 4.90 Å². The monoisotopic (exact) mass is 290 g/mol. The first kappa shape index (κ1) is 13.3.